The summed E-state index contributed by atoms with van der Waals surface area (Å²) in [7, 11) is 0. The third-order valence-corrected chi connectivity index (χ3v) is 7.46. The maximum Gasteiger partial charge on any atom is 0.355 e. The number of carboxylic acid groups (broad SMARTS) is 1. The van der Waals surface area contributed by atoms with Crippen molar-refractivity contribution in [1.82, 2.24) is 14.8 Å². The molecule has 0 bridgehead atoms. The molecule has 0 saturated heterocycles. The number of hydrogen-bond donors (Lipinski definition) is 1. The lowest BCUT2D eigenvalue weighted by atomic mass is 10.0. The Morgan fingerprint density at radius 2 is 1.97 bits per heavy atom. The van der Waals surface area contributed by atoms with Crippen molar-refractivity contribution in [2.45, 2.75) is 30.2 Å². The van der Waals surface area contributed by atoms with Gasteiger partial charge in [0.1, 0.15) is 5.82 Å². The number of nitrogens with zero attached hydrogens (tertiary/aromatic N) is 3. The number of benzene rings is 2. The van der Waals surface area contributed by atoms with Crippen LogP contribution in [0.25, 0.3) is 27.5 Å². The molecule has 4 aromatic rings. The minimum Gasteiger partial charge on any atom is -0.476 e. The van der Waals surface area contributed by atoms with Gasteiger partial charge in [0.15, 0.2) is 5.69 Å². The van der Waals surface area contributed by atoms with Gasteiger partial charge in [0.2, 0.25) is 5.13 Å². The van der Waals surface area contributed by atoms with Crippen LogP contribution in [0.5, 0.6) is 0 Å². The lowest BCUT2D eigenvalue weighted by molar-refractivity contribution is 0.0688. The Morgan fingerprint density at radius 3 is 2.61 bits per heavy atom. The van der Waals surface area contributed by atoms with Crippen LogP contribution in [0, 0.1) is 12.7 Å². The molecule has 0 amide bonds. The van der Waals surface area contributed by atoms with Gasteiger partial charge in [-0.15, -0.1) is 11.8 Å². The molecule has 2 heterocycles. The maximum atomic E-state index is 13.9. The number of aryl methyl sites for hydroxylation is 1. The molecule has 0 saturated carbocycles. The van der Waals surface area contributed by atoms with Gasteiger partial charge in [0, 0.05) is 21.4 Å². The summed E-state index contributed by atoms with van der Waals surface area (Å²) in [5.74, 6) is -1.64. The zero-order valence-corrected chi connectivity index (χ0v) is 20.9. The fraction of sp³-hybridized carbons (Fsp3) is 0.174. The van der Waals surface area contributed by atoms with E-state index in [0.717, 1.165) is 4.21 Å². The minimum absolute atomic E-state index is 0.0818. The molecular formula is C23H18Cl2FN3O2S2. The molecule has 2 aromatic heterocycles. The number of thiazole rings is 1. The number of carboxylic acids is 1. The normalized spacial score (nSPS) is 11.4. The van der Waals surface area contributed by atoms with Crippen LogP contribution in [0.2, 0.25) is 10.0 Å². The molecule has 1 N–H and O–H groups in total. The van der Waals surface area contributed by atoms with Gasteiger partial charge in [-0.25, -0.2) is 14.2 Å². The van der Waals surface area contributed by atoms with Crippen molar-refractivity contribution in [2.75, 3.05) is 0 Å². The molecule has 0 aliphatic heterocycles. The van der Waals surface area contributed by atoms with Gasteiger partial charge in [-0.3, -0.25) is 0 Å². The Labute approximate surface area is 208 Å². The first-order chi connectivity index (χ1) is 15.7. The smallest absolute Gasteiger partial charge is 0.355 e. The Hall–Kier alpha value is -2.39. The van der Waals surface area contributed by atoms with E-state index in [-0.39, 0.29) is 10.9 Å². The van der Waals surface area contributed by atoms with Gasteiger partial charge < -0.3 is 5.11 Å². The lowest BCUT2D eigenvalue weighted by Gasteiger charge is -2.06. The summed E-state index contributed by atoms with van der Waals surface area (Å²) in [5, 5.41) is 16.1. The Bertz CT molecular complexity index is 1370. The van der Waals surface area contributed by atoms with Gasteiger partial charge in [-0.05, 0) is 42.8 Å². The summed E-state index contributed by atoms with van der Waals surface area (Å²) < 4.78 is 16.1. The van der Waals surface area contributed by atoms with E-state index < -0.39 is 11.8 Å². The van der Waals surface area contributed by atoms with Gasteiger partial charge in [0.05, 0.1) is 20.6 Å². The maximum absolute atomic E-state index is 13.9. The fourth-order valence-corrected chi connectivity index (χ4v) is 6.34. The second-order valence-corrected chi connectivity index (χ2v) is 11.1. The molecule has 0 radical (unpaired) electrons. The number of rotatable bonds is 6. The van der Waals surface area contributed by atoms with E-state index in [0.29, 0.717) is 43.3 Å². The highest BCUT2D eigenvalue weighted by Gasteiger charge is 2.27. The molecule has 4 rings (SSSR count). The van der Waals surface area contributed by atoms with Crippen molar-refractivity contribution >= 4 is 52.3 Å². The quantitative estimate of drug-likeness (QED) is 0.264. The van der Waals surface area contributed by atoms with E-state index >= 15 is 0 Å². The predicted molar refractivity (Wildman–Crippen MR) is 133 cm³/mol. The van der Waals surface area contributed by atoms with Crippen molar-refractivity contribution in [1.29, 1.82) is 0 Å². The van der Waals surface area contributed by atoms with Crippen molar-refractivity contribution in [3.63, 3.8) is 0 Å². The molecule has 0 aliphatic rings. The highest BCUT2D eigenvalue weighted by atomic mass is 35.5. The molecule has 0 fully saturated rings. The first-order valence-corrected chi connectivity index (χ1v) is 12.3. The molecule has 170 valence electrons. The second-order valence-electron chi connectivity index (χ2n) is 7.46. The van der Waals surface area contributed by atoms with Crippen LogP contribution < -0.4 is 0 Å². The highest BCUT2D eigenvalue weighted by Crippen LogP contribution is 2.43. The second kappa shape index (κ2) is 9.46. The predicted octanol–water partition coefficient (Wildman–Crippen LogP) is 7.62. The standard InChI is InChI=1S/C23H18Cl2FN3O2S2/c1-11(2)32-22-19(16-8-7-14(24)10-17(16)25)27-23(33-22)29-20(21(30)31)18(12(3)28-29)13-5-4-6-15(26)9-13/h4-11H,1-3H3,(H,30,31). The number of aromatic nitrogens is 3. The summed E-state index contributed by atoms with van der Waals surface area (Å²) in [6.07, 6.45) is 0. The Balaban J connectivity index is 1.93. The molecule has 2 aromatic carbocycles. The molecule has 0 atom stereocenters. The number of hydrogen-bond acceptors (Lipinski definition) is 5. The molecule has 5 nitrogen and oxygen atoms in total. The molecule has 0 aliphatic carbocycles. The summed E-state index contributed by atoms with van der Waals surface area (Å²) in [6.45, 7) is 5.80. The van der Waals surface area contributed by atoms with Crippen molar-refractivity contribution in [2.24, 2.45) is 0 Å². The van der Waals surface area contributed by atoms with E-state index in [1.54, 1.807) is 43.0 Å². The Morgan fingerprint density at radius 1 is 1.21 bits per heavy atom. The zero-order chi connectivity index (χ0) is 23.9. The summed E-state index contributed by atoms with van der Waals surface area (Å²) in [4.78, 5) is 17.0. The van der Waals surface area contributed by atoms with Crippen molar-refractivity contribution < 1.29 is 14.3 Å². The van der Waals surface area contributed by atoms with Crippen LogP contribution >= 0.6 is 46.3 Å². The number of thioether (sulfide) groups is 1. The highest BCUT2D eigenvalue weighted by molar-refractivity contribution is 8.01. The van der Waals surface area contributed by atoms with Crippen LogP contribution in [-0.2, 0) is 0 Å². The fourth-order valence-electron chi connectivity index (χ4n) is 3.38. The van der Waals surface area contributed by atoms with Crippen LogP contribution in [-0.4, -0.2) is 31.1 Å². The third kappa shape index (κ3) is 4.80. The lowest BCUT2D eigenvalue weighted by Crippen LogP contribution is -2.09. The monoisotopic (exact) mass is 521 g/mol. The van der Waals surface area contributed by atoms with Gasteiger partial charge in [-0.2, -0.15) is 9.78 Å². The Kier molecular flexibility index (Phi) is 6.81. The average molecular weight is 522 g/mol. The topological polar surface area (TPSA) is 68.0 Å². The summed E-state index contributed by atoms with van der Waals surface area (Å²) in [5.41, 5.74) is 2.48. The van der Waals surface area contributed by atoms with E-state index in [2.05, 4.69) is 18.9 Å². The van der Waals surface area contributed by atoms with Crippen LogP contribution in [0.3, 0.4) is 0 Å². The molecule has 0 unspecified atom stereocenters. The SMILES string of the molecule is Cc1nn(-c2nc(-c3ccc(Cl)cc3Cl)c(SC(C)C)s2)c(C(=O)O)c1-c1cccc(F)c1. The van der Waals surface area contributed by atoms with Crippen LogP contribution in [0.4, 0.5) is 4.39 Å². The van der Waals surface area contributed by atoms with E-state index in [9.17, 15) is 14.3 Å². The van der Waals surface area contributed by atoms with Crippen LogP contribution in [0.1, 0.15) is 30.0 Å². The third-order valence-electron chi connectivity index (χ3n) is 4.67. The summed E-state index contributed by atoms with van der Waals surface area (Å²) >= 11 is 15.4. The number of carbonyl (C=O) groups is 1. The van der Waals surface area contributed by atoms with Gasteiger partial charge >= 0.3 is 5.97 Å². The summed E-state index contributed by atoms with van der Waals surface area (Å²) in [6, 6.07) is 11.0. The largest absolute Gasteiger partial charge is 0.476 e. The molecule has 10 heteroatoms. The van der Waals surface area contributed by atoms with Gasteiger partial charge in [-0.1, -0.05) is 60.5 Å². The van der Waals surface area contributed by atoms with Gasteiger partial charge in [0.25, 0.3) is 0 Å². The first kappa shape index (κ1) is 23.8. The van der Waals surface area contributed by atoms with E-state index in [4.69, 9.17) is 28.2 Å². The average Bonchev–Trinajstić information content (AvgIpc) is 3.28. The molecular weight excluding hydrogens is 504 g/mol. The minimum atomic E-state index is -1.19. The molecule has 0 spiro atoms. The first-order valence-electron chi connectivity index (χ1n) is 9.87. The van der Waals surface area contributed by atoms with Crippen LogP contribution in [0.15, 0.2) is 46.7 Å². The van der Waals surface area contributed by atoms with E-state index in [1.807, 2.05) is 0 Å². The number of halogens is 3. The van der Waals surface area contributed by atoms with Crippen molar-refractivity contribution in [3.05, 3.63) is 69.7 Å². The van der Waals surface area contributed by atoms with Crippen molar-refractivity contribution in [3.8, 4) is 27.5 Å². The van der Waals surface area contributed by atoms with E-state index in [1.165, 1.54) is 34.2 Å². The number of aromatic carboxylic acids is 1. The zero-order valence-electron chi connectivity index (χ0n) is 17.8. The molecule has 33 heavy (non-hydrogen) atoms.